The molecular formula is C22H25FN6O2. The summed E-state index contributed by atoms with van der Waals surface area (Å²) in [6.07, 6.45) is 4.90. The highest BCUT2D eigenvalue weighted by atomic mass is 19.1. The second-order valence-electron chi connectivity index (χ2n) is 8.41. The first-order chi connectivity index (χ1) is 15.0. The number of piperidine rings is 1. The van der Waals surface area contributed by atoms with Gasteiger partial charge in [-0.25, -0.2) is 9.37 Å². The van der Waals surface area contributed by atoms with E-state index in [1.807, 2.05) is 24.9 Å². The van der Waals surface area contributed by atoms with Crippen LogP contribution in [0.4, 0.5) is 10.2 Å². The Morgan fingerprint density at radius 3 is 2.90 bits per heavy atom. The fraction of sp³-hybridized carbons (Fsp3) is 0.455. The summed E-state index contributed by atoms with van der Waals surface area (Å²) in [4.78, 5) is 18.7. The highest BCUT2D eigenvalue weighted by Crippen LogP contribution is 2.34. The molecule has 0 aliphatic carbocycles. The normalized spacial score (nSPS) is 25.1. The van der Waals surface area contributed by atoms with Gasteiger partial charge in [-0.2, -0.15) is 0 Å². The molecule has 8 nitrogen and oxygen atoms in total. The fourth-order valence-corrected chi connectivity index (χ4v) is 4.82. The second-order valence-corrected chi connectivity index (χ2v) is 8.41. The Morgan fingerprint density at radius 1 is 1.32 bits per heavy atom. The average Bonchev–Trinajstić information content (AvgIpc) is 3.20. The van der Waals surface area contributed by atoms with Crippen LogP contribution in [0.25, 0.3) is 22.2 Å². The summed E-state index contributed by atoms with van der Waals surface area (Å²) in [6, 6.07) is 4.94. The highest BCUT2D eigenvalue weighted by Gasteiger charge is 2.43. The second kappa shape index (κ2) is 7.56. The van der Waals surface area contributed by atoms with Gasteiger partial charge in [-0.05, 0) is 49.8 Å². The van der Waals surface area contributed by atoms with E-state index in [1.54, 1.807) is 23.0 Å². The molecule has 0 saturated carbocycles. The number of anilines is 1. The Kier molecular flexibility index (Phi) is 4.85. The van der Waals surface area contributed by atoms with Crippen molar-refractivity contribution in [2.24, 2.45) is 0 Å². The van der Waals surface area contributed by atoms with Gasteiger partial charge in [0.15, 0.2) is 11.6 Å². The van der Waals surface area contributed by atoms with E-state index < -0.39 is 6.17 Å². The van der Waals surface area contributed by atoms with Gasteiger partial charge in [0.05, 0.1) is 23.2 Å². The summed E-state index contributed by atoms with van der Waals surface area (Å²) in [6.45, 7) is 2.44. The number of halogens is 1. The van der Waals surface area contributed by atoms with Crippen LogP contribution in [0.15, 0.2) is 35.4 Å². The Balaban J connectivity index is 1.44. The van der Waals surface area contributed by atoms with E-state index in [1.165, 1.54) is 6.07 Å². The van der Waals surface area contributed by atoms with Crippen LogP contribution in [0.2, 0.25) is 0 Å². The van der Waals surface area contributed by atoms with Crippen molar-refractivity contribution in [1.82, 2.24) is 25.1 Å². The molecule has 0 spiro atoms. The van der Waals surface area contributed by atoms with Crippen LogP contribution in [0.1, 0.15) is 26.2 Å². The number of benzene rings is 1. The van der Waals surface area contributed by atoms with Gasteiger partial charge in [0.25, 0.3) is 5.56 Å². The number of aromatic nitrogens is 4. The van der Waals surface area contributed by atoms with Gasteiger partial charge in [0, 0.05) is 31.9 Å². The number of phenolic OH excluding ortho intramolecular Hbond substituents is 1. The number of rotatable bonds is 4. The predicted molar refractivity (Wildman–Crippen MR) is 116 cm³/mol. The van der Waals surface area contributed by atoms with Crippen molar-refractivity contribution in [2.75, 3.05) is 11.9 Å². The van der Waals surface area contributed by atoms with E-state index in [2.05, 4.69) is 20.5 Å². The van der Waals surface area contributed by atoms with Crippen LogP contribution in [0, 0.1) is 0 Å². The lowest BCUT2D eigenvalue weighted by Gasteiger charge is -2.38. The van der Waals surface area contributed by atoms with Crippen molar-refractivity contribution in [3.05, 3.63) is 40.9 Å². The Labute approximate surface area is 178 Å². The molecule has 31 heavy (non-hydrogen) atoms. The molecule has 1 aromatic carbocycles. The number of hydrogen-bond acceptors (Lipinski definition) is 7. The number of fused-ring (bicyclic) bond motifs is 3. The standard InChI is InChI=1S/C22H25FN6O2/c1-3-29-7-6-12-8-15(18(30)10-14(12)22(29)31)21-24-11-19(26-27-21)28(2)17-9-13-4-5-16(25-13)20(17)23/h6-8,10-11,13,16-17,20,25,30H,3-5,9H2,1-2H3/t13?,16?,17?,20-/m1/s1. The minimum absolute atomic E-state index is 0.0832. The van der Waals surface area contributed by atoms with Crippen LogP contribution in [-0.4, -0.2) is 56.2 Å². The van der Waals surface area contributed by atoms with Crippen molar-refractivity contribution in [3.8, 4) is 17.1 Å². The SMILES string of the molecule is CCn1ccc2cc(-c3ncc(N(C)C4CC5CCC(N5)[C@H]4F)nn3)c(O)cc2c1=O. The predicted octanol–water partition coefficient (Wildman–Crippen LogP) is 2.25. The fourth-order valence-electron chi connectivity index (χ4n) is 4.82. The minimum Gasteiger partial charge on any atom is -0.507 e. The first kappa shape index (κ1) is 19.9. The van der Waals surface area contributed by atoms with E-state index in [4.69, 9.17) is 0 Å². The number of aryl methyl sites for hydroxylation is 1. The van der Waals surface area contributed by atoms with Gasteiger partial charge in [-0.3, -0.25) is 4.79 Å². The molecule has 9 heteroatoms. The topological polar surface area (TPSA) is 96.2 Å². The van der Waals surface area contributed by atoms with E-state index in [-0.39, 0.29) is 29.2 Å². The smallest absolute Gasteiger partial charge is 0.258 e. The molecule has 0 radical (unpaired) electrons. The Hall–Kier alpha value is -3.07. The number of phenols is 1. The minimum atomic E-state index is -0.970. The van der Waals surface area contributed by atoms with Gasteiger partial charge < -0.3 is 19.9 Å². The molecule has 2 aromatic heterocycles. The molecule has 3 aromatic rings. The number of hydrogen-bond donors (Lipinski definition) is 2. The first-order valence-corrected chi connectivity index (χ1v) is 10.7. The first-order valence-electron chi connectivity index (χ1n) is 10.7. The van der Waals surface area contributed by atoms with E-state index in [0.29, 0.717) is 34.7 Å². The van der Waals surface area contributed by atoms with Crippen LogP contribution in [0.3, 0.4) is 0 Å². The monoisotopic (exact) mass is 424 g/mol. The summed E-state index contributed by atoms with van der Waals surface area (Å²) in [5.74, 6) is 0.655. The van der Waals surface area contributed by atoms with Crippen molar-refractivity contribution >= 4 is 16.6 Å². The van der Waals surface area contributed by atoms with Gasteiger partial charge in [0.2, 0.25) is 0 Å². The maximum Gasteiger partial charge on any atom is 0.258 e. The lowest BCUT2D eigenvalue weighted by Crippen LogP contribution is -2.55. The zero-order valence-electron chi connectivity index (χ0n) is 17.5. The summed E-state index contributed by atoms with van der Waals surface area (Å²) in [5.41, 5.74) is 0.237. The summed E-state index contributed by atoms with van der Waals surface area (Å²) < 4.78 is 16.5. The Bertz CT molecular complexity index is 1180. The lowest BCUT2D eigenvalue weighted by molar-refractivity contribution is 0.176. The molecule has 2 fully saturated rings. The molecule has 2 N–H and O–H groups in total. The third kappa shape index (κ3) is 3.33. The summed E-state index contributed by atoms with van der Waals surface area (Å²) in [7, 11) is 1.82. The van der Waals surface area contributed by atoms with Crippen molar-refractivity contribution in [2.45, 2.75) is 57.0 Å². The molecule has 0 amide bonds. The quantitative estimate of drug-likeness (QED) is 0.663. The number of pyridine rings is 1. The third-order valence-electron chi connectivity index (χ3n) is 6.64. The van der Waals surface area contributed by atoms with Crippen LogP contribution >= 0.6 is 0 Å². The molecular weight excluding hydrogens is 399 g/mol. The van der Waals surface area contributed by atoms with Crippen molar-refractivity contribution in [3.63, 3.8) is 0 Å². The number of aromatic hydroxyl groups is 1. The van der Waals surface area contributed by atoms with Crippen LogP contribution < -0.4 is 15.8 Å². The highest BCUT2D eigenvalue weighted by molar-refractivity contribution is 5.88. The number of nitrogens with zero attached hydrogens (tertiary/aromatic N) is 5. The molecule has 2 saturated heterocycles. The van der Waals surface area contributed by atoms with Crippen LogP contribution in [-0.2, 0) is 6.54 Å². The zero-order valence-corrected chi connectivity index (χ0v) is 17.5. The van der Waals surface area contributed by atoms with Gasteiger partial charge in [-0.1, -0.05) is 0 Å². The molecule has 2 aliphatic heterocycles. The summed E-state index contributed by atoms with van der Waals surface area (Å²) in [5, 5.41) is 23.4. The maximum atomic E-state index is 14.9. The number of alkyl halides is 1. The van der Waals surface area contributed by atoms with Crippen molar-refractivity contribution in [1.29, 1.82) is 0 Å². The Morgan fingerprint density at radius 2 is 2.16 bits per heavy atom. The number of nitrogens with one attached hydrogen (secondary N) is 1. The van der Waals surface area contributed by atoms with Gasteiger partial charge in [-0.15, -0.1) is 10.2 Å². The molecule has 4 atom stereocenters. The largest absolute Gasteiger partial charge is 0.507 e. The molecule has 162 valence electrons. The average molecular weight is 424 g/mol. The summed E-state index contributed by atoms with van der Waals surface area (Å²) >= 11 is 0. The molecule has 4 heterocycles. The maximum absolute atomic E-state index is 14.9. The van der Waals surface area contributed by atoms with E-state index in [9.17, 15) is 14.3 Å². The molecule has 3 unspecified atom stereocenters. The van der Waals surface area contributed by atoms with Crippen LogP contribution in [0.5, 0.6) is 5.75 Å². The molecule has 2 bridgehead atoms. The lowest BCUT2D eigenvalue weighted by atomic mass is 9.96. The molecule has 2 aliphatic rings. The zero-order chi connectivity index (χ0) is 21.7. The van der Waals surface area contributed by atoms with Gasteiger partial charge >= 0.3 is 0 Å². The third-order valence-corrected chi connectivity index (χ3v) is 6.64. The van der Waals surface area contributed by atoms with E-state index >= 15 is 0 Å². The van der Waals surface area contributed by atoms with Crippen molar-refractivity contribution < 1.29 is 9.50 Å². The van der Waals surface area contributed by atoms with E-state index in [0.717, 1.165) is 19.3 Å². The van der Waals surface area contributed by atoms with Gasteiger partial charge in [0.1, 0.15) is 11.9 Å². The molecule has 5 rings (SSSR count).